The Kier molecular flexibility index (Phi) is 5.31. The minimum absolute atomic E-state index is 0.563. The molecule has 0 spiro atoms. The summed E-state index contributed by atoms with van der Waals surface area (Å²) in [6, 6.07) is 28.6. The molecule has 3 heteroatoms. The molecule has 0 N–H and O–H groups in total. The summed E-state index contributed by atoms with van der Waals surface area (Å²) in [7, 11) is 0. The lowest BCUT2D eigenvalue weighted by Gasteiger charge is -2.18. The summed E-state index contributed by atoms with van der Waals surface area (Å²) in [4.78, 5) is 9.58. The SMILES string of the molecule is [2H]C([2H])(c1ccnc(-c2cccc3c2oc2nc(-c4c(C)cc(-c5ccccc5)cc4C)ccc23)c1)C(C)(C)C. The van der Waals surface area contributed by atoms with E-state index in [0.717, 1.165) is 38.7 Å². The first-order valence-corrected chi connectivity index (χ1v) is 13.0. The second-order valence-electron chi connectivity index (χ2n) is 11.0. The van der Waals surface area contributed by atoms with Crippen molar-refractivity contribution in [1.29, 1.82) is 0 Å². The average Bonchev–Trinajstić information content (AvgIpc) is 3.30. The van der Waals surface area contributed by atoms with Gasteiger partial charge in [-0.15, -0.1) is 0 Å². The Morgan fingerprint density at radius 3 is 2.26 bits per heavy atom. The monoisotopic (exact) mass is 498 g/mol. The van der Waals surface area contributed by atoms with Crippen molar-refractivity contribution >= 4 is 22.1 Å². The van der Waals surface area contributed by atoms with Gasteiger partial charge in [-0.2, -0.15) is 0 Å². The van der Waals surface area contributed by atoms with Gasteiger partial charge in [0, 0.05) is 30.8 Å². The molecular weight excluding hydrogens is 464 g/mol. The minimum atomic E-state index is -1.52. The van der Waals surface area contributed by atoms with Crippen molar-refractivity contribution in [3.05, 3.63) is 108 Å². The van der Waals surface area contributed by atoms with Gasteiger partial charge in [-0.3, -0.25) is 4.98 Å². The number of nitrogens with zero attached hydrogens (tertiary/aromatic N) is 2. The summed E-state index contributed by atoms with van der Waals surface area (Å²) in [6.45, 7) is 10.00. The van der Waals surface area contributed by atoms with Gasteiger partial charge in [0.15, 0.2) is 0 Å². The molecule has 0 saturated heterocycles. The maximum absolute atomic E-state index is 8.74. The van der Waals surface area contributed by atoms with E-state index in [9.17, 15) is 0 Å². The largest absolute Gasteiger partial charge is 0.437 e. The molecule has 0 aliphatic carbocycles. The Labute approximate surface area is 227 Å². The van der Waals surface area contributed by atoms with E-state index >= 15 is 0 Å². The number of hydrogen-bond acceptors (Lipinski definition) is 3. The summed E-state index contributed by atoms with van der Waals surface area (Å²) < 4.78 is 23.9. The van der Waals surface area contributed by atoms with Crippen LogP contribution in [0.25, 0.3) is 55.7 Å². The van der Waals surface area contributed by atoms with Gasteiger partial charge in [0.05, 0.1) is 11.4 Å². The van der Waals surface area contributed by atoms with Crippen LogP contribution in [0.5, 0.6) is 0 Å². The predicted molar refractivity (Wildman–Crippen MR) is 158 cm³/mol. The third kappa shape index (κ3) is 4.50. The fraction of sp³-hybridized carbons (Fsp3) is 0.200. The smallest absolute Gasteiger partial charge is 0.227 e. The molecule has 0 unspecified atom stereocenters. The molecule has 3 aromatic heterocycles. The van der Waals surface area contributed by atoms with Crippen molar-refractivity contribution in [3.8, 4) is 33.6 Å². The van der Waals surface area contributed by atoms with Gasteiger partial charge in [-0.05, 0) is 83.8 Å². The van der Waals surface area contributed by atoms with Crippen LogP contribution in [0.2, 0.25) is 0 Å². The standard InChI is InChI=1S/C35H32N2O/c1-22-18-26(25-10-7-6-8-11-25)19-23(2)32(22)30-15-14-28-27-12-9-13-29(33(27)38-34(28)37-30)31-20-24(16-17-36-31)21-35(3,4)5/h6-20H,21H2,1-5H3/i21D2. The van der Waals surface area contributed by atoms with E-state index in [4.69, 9.17) is 12.1 Å². The molecule has 188 valence electrons. The molecule has 0 aliphatic rings. The van der Waals surface area contributed by atoms with Crippen molar-refractivity contribution in [2.75, 3.05) is 0 Å². The molecule has 0 fully saturated rings. The van der Waals surface area contributed by atoms with Gasteiger partial charge in [-0.25, -0.2) is 4.98 Å². The first-order chi connectivity index (χ1) is 19.0. The number of furan rings is 1. The topological polar surface area (TPSA) is 38.9 Å². The van der Waals surface area contributed by atoms with Crippen LogP contribution in [-0.2, 0) is 6.37 Å². The molecule has 0 bridgehead atoms. The third-order valence-electron chi connectivity index (χ3n) is 6.82. The van der Waals surface area contributed by atoms with Crippen molar-refractivity contribution < 1.29 is 7.16 Å². The molecule has 3 heterocycles. The van der Waals surface area contributed by atoms with Crippen molar-refractivity contribution in [3.63, 3.8) is 0 Å². The van der Waals surface area contributed by atoms with Gasteiger partial charge in [0.1, 0.15) is 5.58 Å². The molecule has 38 heavy (non-hydrogen) atoms. The van der Waals surface area contributed by atoms with Gasteiger partial charge < -0.3 is 4.42 Å². The fourth-order valence-electron chi connectivity index (χ4n) is 5.27. The van der Waals surface area contributed by atoms with Crippen molar-refractivity contribution in [2.45, 2.75) is 41.0 Å². The number of pyridine rings is 2. The Morgan fingerprint density at radius 1 is 0.763 bits per heavy atom. The number of fused-ring (bicyclic) bond motifs is 3. The summed E-state index contributed by atoms with van der Waals surface area (Å²) in [5, 5.41) is 1.91. The van der Waals surface area contributed by atoms with Crippen LogP contribution < -0.4 is 0 Å². The molecule has 3 nitrogen and oxygen atoms in total. The number of aryl methyl sites for hydroxylation is 2. The summed E-state index contributed by atoms with van der Waals surface area (Å²) in [5.41, 5.74) is 9.53. The Morgan fingerprint density at radius 2 is 1.53 bits per heavy atom. The second kappa shape index (κ2) is 9.25. The molecule has 0 radical (unpaired) electrons. The van der Waals surface area contributed by atoms with Crippen LogP contribution >= 0.6 is 0 Å². The normalized spacial score (nSPS) is 13.1. The molecule has 3 aromatic carbocycles. The third-order valence-corrected chi connectivity index (χ3v) is 6.82. The first-order valence-electron chi connectivity index (χ1n) is 14.0. The molecule has 6 rings (SSSR count). The molecule has 0 aliphatic heterocycles. The highest BCUT2D eigenvalue weighted by molar-refractivity contribution is 6.08. The molecule has 0 atom stereocenters. The van der Waals surface area contributed by atoms with E-state index in [1.54, 1.807) is 12.3 Å². The molecule has 0 saturated carbocycles. The molecular formula is C35H32N2O. The van der Waals surface area contributed by atoms with Gasteiger partial charge in [0.25, 0.3) is 0 Å². The van der Waals surface area contributed by atoms with Crippen LogP contribution in [-0.4, -0.2) is 9.97 Å². The zero-order valence-electron chi connectivity index (χ0n) is 24.5. The zero-order valence-corrected chi connectivity index (χ0v) is 22.5. The van der Waals surface area contributed by atoms with Gasteiger partial charge in [-0.1, -0.05) is 75.4 Å². The highest BCUT2D eigenvalue weighted by Crippen LogP contribution is 2.37. The van der Waals surface area contributed by atoms with E-state index < -0.39 is 11.8 Å². The summed E-state index contributed by atoms with van der Waals surface area (Å²) in [6.07, 6.45) is 0.158. The lowest BCUT2D eigenvalue weighted by molar-refractivity contribution is 0.411. The summed E-state index contributed by atoms with van der Waals surface area (Å²) >= 11 is 0. The van der Waals surface area contributed by atoms with Crippen molar-refractivity contribution in [1.82, 2.24) is 9.97 Å². The van der Waals surface area contributed by atoms with Crippen molar-refractivity contribution in [2.24, 2.45) is 5.41 Å². The van der Waals surface area contributed by atoms with Crippen LogP contribution in [0, 0.1) is 19.3 Å². The maximum Gasteiger partial charge on any atom is 0.227 e. The predicted octanol–water partition coefficient (Wildman–Crippen LogP) is 9.58. The van der Waals surface area contributed by atoms with E-state index in [1.807, 2.05) is 51.1 Å². The average molecular weight is 499 g/mol. The zero-order chi connectivity index (χ0) is 28.2. The van der Waals surface area contributed by atoms with Crippen LogP contribution in [0.1, 0.15) is 40.2 Å². The first kappa shape index (κ1) is 21.8. The van der Waals surface area contributed by atoms with Crippen LogP contribution in [0.3, 0.4) is 0 Å². The quantitative estimate of drug-likeness (QED) is 0.243. The Balaban J connectivity index is 1.46. The Hall–Kier alpha value is -4.24. The minimum Gasteiger partial charge on any atom is -0.437 e. The maximum atomic E-state index is 8.74. The van der Waals surface area contributed by atoms with Crippen LogP contribution in [0.4, 0.5) is 0 Å². The van der Waals surface area contributed by atoms with Gasteiger partial charge >= 0.3 is 0 Å². The Bertz CT molecular complexity index is 1860. The molecule has 6 aromatic rings. The number of hydrogen-bond donors (Lipinski definition) is 0. The second-order valence-corrected chi connectivity index (χ2v) is 11.0. The fourth-order valence-corrected chi connectivity index (χ4v) is 5.27. The molecule has 0 amide bonds. The summed E-state index contributed by atoms with van der Waals surface area (Å²) in [5.74, 6) is 0. The highest BCUT2D eigenvalue weighted by atomic mass is 16.3. The number of aromatic nitrogens is 2. The van der Waals surface area contributed by atoms with E-state index in [0.29, 0.717) is 22.6 Å². The number of rotatable bonds is 4. The highest BCUT2D eigenvalue weighted by Gasteiger charge is 2.18. The van der Waals surface area contributed by atoms with E-state index in [1.165, 1.54) is 11.1 Å². The van der Waals surface area contributed by atoms with Crippen LogP contribution in [0.15, 0.2) is 95.5 Å². The number of para-hydroxylation sites is 1. The van der Waals surface area contributed by atoms with E-state index in [-0.39, 0.29) is 0 Å². The number of benzene rings is 3. The van der Waals surface area contributed by atoms with Gasteiger partial charge in [0.2, 0.25) is 5.71 Å². The lowest BCUT2D eigenvalue weighted by Crippen LogP contribution is -2.09. The lowest BCUT2D eigenvalue weighted by atomic mass is 9.88. The van der Waals surface area contributed by atoms with E-state index in [2.05, 4.69) is 67.4 Å².